The predicted octanol–water partition coefficient (Wildman–Crippen LogP) is 4.35. The van der Waals surface area contributed by atoms with Crippen molar-refractivity contribution in [2.24, 2.45) is 4.99 Å². The van der Waals surface area contributed by atoms with E-state index in [9.17, 15) is 4.79 Å². The van der Waals surface area contributed by atoms with Crippen molar-refractivity contribution in [2.75, 3.05) is 6.26 Å². The van der Waals surface area contributed by atoms with Crippen LogP contribution in [0.1, 0.15) is 30.5 Å². The molecule has 3 rings (SSSR count). The molecule has 0 aromatic heterocycles. The summed E-state index contributed by atoms with van der Waals surface area (Å²) >= 11 is 1.82. The van der Waals surface area contributed by atoms with Gasteiger partial charge in [-0.25, -0.2) is 0 Å². The van der Waals surface area contributed by atoms with Crippen LogP contribution in [0.4, 0.5) is 0 Å². The molecule has 3 unspecified atom stereocenters. The Bertz CT molecular complexity index is 717. The molecule has 0 saturated carbocycles. The number of aliphatic imine (C=N–C) groups is 1. The Balaban J connectivity index is 1.62. The van der Waals surface area contributed by atoms with Crippen LogP contribution in [0, 0.1) is 0 Å². The van der Waals surface area contributed by atoms with Crippen molar-refractivity contribution < 1.29 is 4.79 Å². The first kappa shape index (κ1) is 17.7. The van der Waals surface area contributed by atoms with E-state index < -0.39 is 0 Å². The third-order valence-corrected chi connectivity index (χ3v) is 5.76. The summed E-state index contributed by atoms with van der Waals surface area (Å²) in [7, 11) is 0. The summed E-state index contributed by atoms with van der Waals surface area (Å²) in [5, 5.41) is 0.389. The summed E-state index contributed by atoms with van der Waals surface area (Å²) in [5.74, 6) is 0.114. The van der Waals surface area contributed by atoms with Gasteiger partial charge in [-0.3, -0.25) is 14.7 Å². The van der Waals surface area contributed by atoms with Crippen LogP contribution in [-0.4, -0.2) is 34.7 Å². The first-order chi connectivity index (χ1) is 12.2. The number of hydrogen-bond donors (Lipinski definition) is 0. The van der Waals surface area contributed by atoms with Crippen LogP contribution < -0.4 is 0 Å². The number of amides is 1. The molecule has 2 aromatic carbocycles. The third-order valence-electron chi connectivity index (χ3n) is 4.74. The number of carbonyl (C=O) groups is 1. The van der Waals surface area contributed by atoms with Crippen molar-refractivity contribution in [3.8, 4) is 0 Å². The molecule has 1 aliphatic heterocycles. The number of carbonyl (C=O) groups excluding carboxylic acids is 1. The highest BCUT2D eigenvalue weighted by Crippen LogP contribution is 2.27. The Morgan fingerprint density at radius 1 is 1.08 bits per heavy atom. The number of hydrogen-bond acceptors (Lipinski definition) is 3. The number of thioether (sulfide) groups is 1. The minimum Gasteiger partial charge on any atom is -0.294 e. The molecule has 4 heteroatoms. The maximum absolute atomic E-state index is 12.8. The second kappa shape index (κ2) is 8.34. The van der Waals surface area contributed by atoms with Gasteiger partial charge in [-0.1, -0.05) is 60.7 Å². The van der Waals surface area contributed by atoms with Gasteiger partial charge >= 0.3 is 0 Å². The first-order valence-corrected chi connectivity index (χ1v) is 9.95. The monoisotopic (exact) mass is 352 g/mol. The van der Waals surface area contributed by atoms with Gasteiger partial charge in [0.05, 0.1) is 12.4 Å². The fraction of sp³-hybridized carbons (Fsp3) is 0.333. The van der Waals surface area contributed by atoms with Gasteiger partial charge in [0.15, 0.2) is 0 Å². The van der Waals surface area contributed by atoms with Crippen molar-refractivity contribution >= 4 is 24.0 Å². The Hall–Kier alpha value is -2.07. The molecule has 0 N–H and O–H groups in total. The zero-order valence-corrected chi connectivity index (χ0v) is 15.5. The molecule has 25 heavy (non-hydrogen) atoms. The van der Waals surface area contributed by atoms with Crippen LogP contribution in [0.2, 0.25) is 0 Å². The van der Waals surface area contributed by atoms with E-state index in [-0.39, 0.29) is 18.0 Å². The summed E-state index contributed by atoms with van der Waals surface area (Å²) in [6, 6.07) is 20.3. The molecule has 1 aliphatic rings. The van der Waals surface area contributed by atoms with Gasteiger partial charge in [-0.2, -0.15) is 11.8 Å². The molecule has 0 bridgehead atoms. The van der Waals surface area contributed by atoms with Gasteiger partial charge in [0, 0.05) is 5.25 Å². The SMILES string of the molecule is CSC(Cc1ccccc1)CC1N=CN(C(C)c2ccccc2)C1=O. The summed E-state index contributed by atoms with van der Waals surface area (Å²) in [6.07, 6.45) is 5.59. The lowest BCUT2D eigenvalue weighted by atomic mass is 10.0. The van der Waals surface area contributed by atoms with Gasteiger partial charge in [-0.05, 0) is 37.1 Å². The minimum absolute atomic E-state index is 0.0179. The number of benzene rings is 2. The third kappa shape index (κ3) is 4.31. The largest absolute Gasteiger partial charge is 0.294 e. The topological polar surface area (TPSA) is 32.7 Å². The maximum atomic E-state index is 12.8. The Kier molecular flexibility index (Phi) is 5.92. The zero-order valence-electron chi connectivity index (χ0n) is 14.7. The molecule has 0 fully saturated rings. The predicted molar refractivity (Wildman–Crippen MR) is 106 cm³/mol. The van der Waals surface area contributed by atoms with Crippen LogP contribution >= 0.6 is 11.8 Å². The Morgan fingerprint density at radius 2 is 1.72 bits per heavy atom. The van der Waals surface area contributed by atoms with E-state index in [1.54, 1.807) is 11.2 Å². The van der Waals surface area contributed by atoms with E-state index in [1.165, 1.54) is 5.56 Å². The molecule has 0 aliphatic carbocycles. The first-order valence-electron chi connectivity index (χ1n) is 8.66. The van der Waals surface area contributed by atoms with E-state index in [4.69, 9.17) is 0 Å². The van der Waals surface area contributed by atoms with Crippen LogP contribution in [-0.2, 0) is 11.2 Å². The van der Waals surface area contributed by atoms with Gasteiger partial charge in [0.1, 0.15) is 6.04 Å². The Labute approximate surface area is 154 Å². The normalized spacial score (nSPS) is 19.2. The highest BCUT2D eigenvalue weighted by atomic mass is 32.2. The lowest BCUT2D eigenvalue weighted by Crippen LogP contribution is -2.34. The van der Waals surface area contributed by atoms with Crippen LogP contribution in [0.3, 0.4) is 0 Å². The van der Waals surface area contributed by atoms with Gasteiger partial charge in [0.2, 0.25) is 0 Å². The smallest absolute Gasteiger partial charge is 0.253 e. The summed E-state index contributed by atoms with van der Waals surface area (Å²) < 4.78 is 0. The fourth-order valence-electron chi connectivity index (χ4n) is 3.18. The van der Waals surface area contributed by atoms with Crippen LogP contribution in [0.25, 0.3) is 0 Å². The van der Waals surface area contributed by atoms with E-state index in [2.05, 4.69) is 54.6 Å². The molecular formula is C21H24N2OS. The van der Waals surface area contributed by atoms with Crippen molar-refractivity contribution in [2.45, 2.75) is 37.1 Å². The molecule has 0 spiro atoms. The molecule has 1 amide bonds. The maximum Gasteiger partial charge on any atom is 0.253 e. The van der Waals surface area contributed by atoms with Crippen LogP contribution in [0.15, 0.2) is 65.7 Å². The van der Waals surface area contributed by atoms with Crippen molar-refractivity contribution in [1.82, 2.24) is 4.90 Å². The lowest BCUT2D eigenvalue weighted by Gasteiger charge is -2.24. The molecule has 1 heterocycles. The second-order valence-corrected chi connectivity index (χ2v) is 7.53. The fourth-order valence-corrected chi connectivity index (χ4v) is 3.91. The standard InChI is InChI=1S/C21H24N2OS/c1-16(18-11-7-4-8-12-18)23-15-22-20(21(23)24)14-19(25-2)13-17-9-5-3-6-10-17/h3-12,15-16,19-20H,13-14H2,1-2H3. The van der Waals surface area contributed by atoms with E-state index in [0.717, 1.165) is 18.4 Å². The van der Waals surface area contributed by atoms with E-state index in [0.29, 0.717) is 5.25 Å². The molecule has 0 saturated heterocycles. The highest BCUT2D eigenvalue weighted by molar-refractivity contribution is 7.99. The minimum atomic E-state index is -0.257. The quantitative estimate of drug-likeness (QED) is 0.742. The van der Waals surface area contributed by atoms with E-state index >= 15 is 0 Å². The molecule has 3 nitrogen and oxygen atoms in total. The van der Waals surface area contributed by atoms with Crippen molar-refractivity contribution in [1.29, 1.82) is 0 Å². The molecule has 0 radical (unpaired) electrons. The molecular weight excluding hydrogens is 328 g/mol. The summed E-state index contributed by atoms with van der Waals surface area (Å²) in [4.78, 5) is 19.1. The lowest BCUT2D eigenvalue weighted by molar-refractivity contribution is -0.128. The average molecular weight is 353 g/mol. The highest BCUT2D eigenvalue weighted by Gasteiger charge is 2.33. The van der Waals surface area contributed by atoms with E-state index in [1.807, 2.05) is 36.0 Å². The summed E-state index contributed by atoms with van der Waals surface area (Å²) in [6.45, 7) is 2.05. The van der Waals surface area contributed by atoms with Crippen molar-refractivity contribution in [3.63, 3.8) is 0 Å². The van der Waals surface area contributed by atoms with Gasteiger partial charge in [0.25, 0.3) is 5.91 Å². The molecule has 3 atom stereocenters. The average Bonchev–Trinajstić information content (AvgIpc) is 3.02. The van der Waals surface area contributed by atoms with Crippen molar-refractivity contribution in [3.05, 3.63) is 71.8 Å². The number of rotatable bonds is 7. The second-order valence-electron chi connectivity index (χ2n) is 6.40. The number of nitrogens with zero attached hydrogens (tertiary/aromatic N) is 2. The zero-order chi connectivity index (χ0) is 17.6. The molecule has 2 aromatic rings. The molecule has 130 valence electrons. The van der Waals surface area contributed by atoms with Gasteiger partial charge < -0.3 is 0 Å². The van der Waals surface area contributed by atoms with Crippen LogP contribution in [0.5, 0.6) is 0 Å². The van der Waals surface area contributed by atoms with Gasteiger partial charge in [-0.15, -0.1) is 0 Å². The Morgan fingerprint density at radius 3 is 2.36 bits per heavy atom. The summed E-state index contributed by atoms with van der Waals surface area (Å²) in [5.41, 5.74) is 2.44.